The smallest absolute Gasteiger partial charge is 0.410 e. The number of carbonyl (C=O) groups is 2. The zero-order valence-corrected chi connectivity index (χ0v) is 23.8. The first-order valence-electron chi connectivity index (χ1n) is 13.3. The molecule has 1 aliphatic heterocycles. The lowest BCUT2D eigenvalue weighted by molar-refractivity contribution is 0.0240. The van der Waals surface area contributed by atoms with Crippen LogP contribution in [-0.2, 0) is 10.2 Å². The van der Waals surface area contributed by atoms with Crippen LogP contribution in [0.4, 0.5) is 15.9 Å². The van der Waals surface area contributed by atoms with Gasteiger partial charge < -0.3 is 26.0 Å². The topological polar surface area (TPSA) is 153 Å². The Labute approximate surface area is 237 Å². The number of aliphatic imine (C=N–C) groups is 1. The minimum atomic E-state index is -0.532. The summed E-state index contributed by atoms with van der Waals surface area (Å²) in [4.78, 5) is 46.2. The van der Waals surface area contributed by atoms with Crippen LogP contribution in [0.3, 0.4) is 0 Å². The molecule has 5 rings (SSSR count). The number of benzene rings is 1. The van der Waals surface area contributed by atoms with E-state index in [-0.39, 0.29) is 17.7 Å². The van der Waals surface area contributed by atoms with Gasteiger partial charge in [-0.1, -0.05) is 30.7 Å². The first-order chi connectivity index (χ1) is 19.0. The summed E-state index contributed by atoms with van der Waals surface area (Å²) in [6, 6.07) is 8.04. The second kappa shape index (κ2) is 10.8. The Bertz CT molecular complexity index is 1400. The van der Waals surface area contributed by atoms with Crippen molar-refractivity contribution in [2.75, 3.05) is 36.8 Å². The summed E-state index contributed by atoms with van der Waals surface area (Å²) in [7, 11) is 0. The van der Waals surface area contributed by atoms with Gasteiger partial charge in [0.15, 0.2) is 5.13 Å². The lowest BCUT2D eigenvalue weighted by Crippen LogP contribution is -2.50. The summed E-state index contributed by atoms with van der Waals surface area (Å²) < 4.78 is 5.47. The maximum absolute atomic E-state index is 13.1. The lowest BCUT2D eigenvalue weighted by atomic mass is 9.63. The van der Waals surface area contributed by atoms with Gasteiger partial charge in [0.25, 0.3) is 5.91 Å². The SMILES string of the molecule is CC(C)(C)OC(=O)N1CCN(c2nc(C(=O)N=C(N)C3(c4ccc(-c5cnc(N)nc5)cc4)CCC3)cs2)CC1. The minimum Gasteiger partial charge on any atom is -0.444 e. The number of carbonyl (C=O) groups excluding carboxylic acids is 2. The molecule has 210 valence electrons. The number of rotatable bonds is 5. The molecule has 11 nitrogen and oxygen atoms in total. The van der Waals surface area contributed by atoms with E-state index in [1.54, 1.807) is 22.7 Å². The first kappa shape index (κ1) is 27.5. The number of amides is 2. The quantitative estimate of drug-likeness (QED) is 0.349. The summed E-state index contributed by atoms with van der Waals surface area (Å²) in [5, 5.41) is 2.44. The monoisotopic (exact) mass is 562 g/mol. The van der Waals surface area contributed by atoms with Crippen molar-refractivity contribution in [1.29, 1.82) is 0 Å². The van der Waals surface area contributed by atoms with Gasteiger partial charge in [-0.05, 0) is 44.7 Å². The molecule has 4 N–H and O–H groups in total. The molecule has 3 aromatic rings. The Morgan fingerprint density at radius 2 is 1.68 bits per heavy atom. The molecule has 1 aromatic carbocycles. The number of nitrogens with two attached hydrogens (primary N) is 2. The Morgan fingerprint density at radius 1 is 1.02 bits per heavy atom. The third-order valence-corrected chi connectivity index (χ3v) is 8.18. The van der Waals surface area contributed by atoms with Gasteiger partial charge in [0.1, 0.15) is 17.1 Å². The maximum atomic E-state index is 13.1. The fourth-order valence-electron chi connectivity index (χ4n) is 4.88. The molecule has 0 atom stereocenters. The minimum absolute atomic E-state index is 0.232. The highest BCUT2D eigenvalue weighted by Crippen LogP contribution is 2.44. The highest BCUT2D eigenvalue weighted by molar-refractivity contribution is 7.13. The third kappa shape index (κ3) is 5.76. The van der Waals surface area contributed by atoms with E-state index < -0.39 is 16.9 Å². The van der Waals surface area contributed by atoms with E-state index in [9.17, 15) is 9.59 Å². The molecular weight excluding hydrogens is 528 g/mol. The van der Waals surface area contributed by atoms with E-state index in [2.05, 4.69) is 24.8 Å². The van der Waals surface area contributed by atoms with Crippen molar-refractivity contribution in [2.24, 2.45) is 10.7 Å². The zero-order chi connectivity index (χ0) is 28.5. The summed E-state index contributed by atoms with van der Waals surface area (Å²) in [5.41, 5.74) is 14.2. The van der Waals surface area contributed by atoms with E-state index in [0.717, 1.165) is 41.1 Å². The summed E-state index contributed by atoms with van der Waals surface area (Å²) in [5.74, 6) is 0.0950. The molecule has 2 amide bonds. The maximum Gasteiger partial charge on any atom is 0.410 e. The number of anilines is 2. The van der Waals surface area contributed by atoms with Gasteiger partial charge in [0.2, 0.25) is 5.95 Å². The lowest BCUT2D eigenvalue weighted by Gasteiger charge is -2.41. The molecule has 3 heterocycles. The normalized spacial score (nSPS) is 17.3. The van der Waals surface area contributed by atoms with Crippen molar-refractivity contribution in [3.05, 3.63) is 53.3 Å². The van der Waals surface area contributed by atoms with Gasteiger partial charge in [-0.3, -0.25) is 4.79 Å². The molecule has 0 bridgehead atoms. The van der Waals surface area contributed by atoms with Gasteiger partial charge >= 0.3 is 6.09 Å². The van der Waals surface area contributed by atoms with Crippen LogP contribution in [0.15, 0.2) is 47.0 Å². The van der Waals surface area contributed by atoms with Crippen LogP contribution in [0.2, 0.25) is 0 Å². The Kier molecular flexibility index (Phi) is 7.45. The number of piperazine rings is 1. The Balaban J connectivity index is 1.24. The number of hydrogen-bond acceptors (Lipinski definition) is 9. The second-order valence-electron chi connectivity index (χ2n) is 11.1. The number of ether oxygens (including phenoxy) is 1. The first-order valence-corrected chi connectivity index (χ1v) is 14.2. The van der Waals surface area contributed by atoms with Crippen molar-refractivity contribution >= 4 is 40.3 Å². The average Bonchev–Trinajstić information content (AvgIpc) is 3.39. The molecule has 1 aliphatic carbocycles. The summed E-state index contributed by atoms with van der Waals surface area (Å²) in [6.07, 6.45) is 5.72. The summed E-state index contributed by atoms with van der Waals surface area (Å²) in [6.45, 7) is 7.82. The number of nitrogen functional groups attached to an aromatic ring is 1. The van der Waals surface area contributed by atoms with Crippen molar-refractivity contribution in [3.63, 3.8) is 0 Å². The number of thiazole rings is 1. The van der Waals surface area contributed by atoms with Crippen molar-refractivity contribution < 1.29 is 14.3 Å². The van der Waals surface area contributed by atoms with Crippen LogP contribution in [0.5, 0.6) is 0 Å². The molecule has 0 radical (unpaired) electrons. The number of aromatic nitrogens is 3. The van der Waals surface area contributed by atoms with Crippen LogP contribution in [0, 0.1) is 0 Å². The van der Waals surface area contributed by atoms with Crippen molar-refractivity contribution in [3.8, 4) is 11.1 Å². The van der Waals surface area contributed by atoms with Gasteiger partial charge in [0.05, 0.1) is 5.41 Å². The highest BCUT2D eigenvalue weighted by Gasteiger charge is 2.43. The van der Waals surface area contributed by atoms with Gasteiger partial charge in [0, 0.05) is 49.5 Å². The number of nitrogens with zero attached hydrogens (tertiary/aromatic N) is 6. The average molecular weight is 563 g/mol. The van der Waals surface area contributed by atoms with Gasteiger partial charge in [-0.25, -0.2) is 19.7 Å². The predicted octanol–water partition coefficient (Wildman–Crippen LogP) is 3.86. The third-order valence-electron chi connectivity index (χ3n) is 7.28. The molecule has 1 saturated carbocycles. The molecular formula is C28H34N8O3S. The van der Waals surface area contributed by atoms with Gasteiger partial charge in [-0.2, -0.15) is 4.99 Å². The van der Waals surface area contributed by atoms with Crippen LogP contribution >= 0.6 is 11.3 Å². The van der Waals surface area contributed by atoms with E-state index in [4.69, 9.17) is 16.2 Å². The summed E-state index contributed by atoms with van der Waals surface area (Å²) >= 11 is 1.39. The Hall–Kier alpha value is -4.06. The molecule has 0 unspecified atom stereocenters. The molecule has 2 aliphatic rings. The van der Waals surface area contributed by atoms with E-state index in [0.29, 0.717) is 32.0 Å². The molecule has 2 fully saturated rings. The number of amidine groups is 1. The van der Waals surface area contributed by atoms with Gasteiger partial charge in [-0.15, -0.1) is 11.3 Å². The largest absolute Gasteiger partial charge is 0.444 e. The van der Waals surface area contributed by atoms with Crippen LogP contribution in [0.1, 0.15) is 56.1 Å². The molecule has 2 aromatic heterocycles. The van der Waals surface area contributed by atoms with E-state index in [1.165, 1.54) is 11.3 Å². The fraction of sp³-hybridized carbons (Fsp3) is 0.429. The van der Waals surface area contributed by atoms with Crippen LogP contribution < -0.4 is 16.4 Å². The molecule has 40 heavy (non-hydrogen) atoms. The molecule has 1 saturated heterocycles. The second-order valence-corrected chi connectivity index (χ2v) is 12.0. The van der Waals surface area contributed by atoms with Crippen molar-refractivity contribution in [1.82, 2.24) is 19.9 Å². The molecule has 12 heteroatoms. The standard InChI is InChI=1S/C28H34N8O3S/c1-27(2,3)39-26(38)36-13-11-35(12-14-36)25-33-21(17-40-25)22(37)34-23(29)28(9-4-10-28)20-7-5-18(6-8-20)19-15-31-24(30)32-16-19/h5-8,15-17H,4,9-14H2,1-3H3,(H2,29,34,37)(H2,30,31,32). The van der Waals surface area contributed by atoms with E-state index in [1.807, 2.05) is 45.0 Å². The van der Waals surface area contributed by atoms with Crippen LogP contribution in [-0.4, -0.2) is 69.5 Å². The van der Waals surface area contributed by atoms with Crippen molar-refractivity contribution in [2.45, 2.75) is 51.0 Å². The zero-order valence-electron chi connectivity index (χ0n) is 23.0. The fourth-order valence-corrected chi connectivity index (χ4v) is 5.73. The highest BCUT2D eigenvalue weighted by atomic mass is 32.1. The number of hydrogen-bond donors (Lipinski definition) is 2. The molecule has 0 spiro atoms. The Morgan fingerprint density at radius 3 is 2.25 bits per heavy atom. The van der Waals surface area contributed by atoms with E-state index >= 15 is 0 Å². The van der Waals surface area contributed by atoms with Crippen LogP contribution in [0.25, 0.3) is 11.1 Å². The predicted molar refractivity (Wildman–Crippen MR) is 155 cm³/mol.